The van der Waals surface area contributed by atoms with E-state index in [0.717, 1.165) is 48.7 Å². The van der Waals surface area contributed by atoms with Crippen LogP contribution < -0.4 is 0 Å². The standard InChI is InChI=1S/C16H22BrNO/c1-2-13-7-3-4-9-15(13)16(19)18-12-6-5-8-14(18)10-11-17/h3-4,7,9,14H,2,5-6,8,10-12H2,1H3. The van der Waals surface area contributed by atoms with E-state index in [1.807, 2.05) is 18.2 Å². The zero-order valence-corrected chi connectivity index (χ0v) is 13.2. The minimum absolute atomic E-state index is 0.225. The van der Waals surface area contributed by atoms with Gasteiger partial charge in [0.05, 0.1) is 0 Å². The van der Waals surface area contributed by atoms with E-state index in [-0.39, 0.29) is 5.91 Å². The maximum atomic E-state index is 12.8. The van der Waals surface area contributed by atoms with E-state index in [1.165, 1.54) is 6.42 Å². The Hall–Kier alpha value is -0.830. The van der Waals surface area contributed by atoms with Crippen LogP contribution in [0, 0.1) is 0 Å². The molecule has 1 heterocycles. The summed E-state index contributed by atoms with van der Waals surface area (Å²) in [4.78, 5) is 14.9. The molecule has 2 rings (SSSR count). The fourth-order valence-electron chi connectivity index (χ4n) is 2.89. The van der Waals surface area contributed by atoms with Crippen LogP contribution in [-0.4, -0.2) is 28.7 Å². The first kappa shape index (κ1) is 14.6. The topological polar surface area (TPSA) is 20.3 Å². The molecule has 2 nitrogen and oxygen atoms in total. The molecule has 1 unspecified atom stereocenters. The van der Waals surface area contributed by atoms with Crippen molar-refractivity contribution in [1.29, 1.82) is 0 Å². The highest BCUT2D eigenvalue weighted by atomic mass is 79.9. The summed E-state index contributed by atoms with van der Waals surface area (Å²) in [7, 11) is 0. The van der Waals surface area contributed by atoms with Gasteiger partial charge in [0, 0.05) is 23.5 Å². The van der Waals surface area contributed by atoms with E-state index in [1.54, 1.807) is 0 Å². The second-order valence-corrected chi connectivity index (χ2v) is 5.93. The number of rotatable bonds is 4. The molecule has 1 atom stereocenters. The van der Waals surface area contributed by atoms with Gasteiger partial charge in [-0.2, -0.15) is 0 Å². The minimum Gasteiger partial charge on any atom is -0.336 e. The predicted octanol–water partition coefficient (Wildman–Crippen LogP) is 4.03. The third-order valence-electron chi connectivity index (χ3n) is 3.96. The molecule has 0 bridgehead atoms. The largest absolute Gasteiger partial charge is 0.336 e. The van der Waals surface area contributed by atoms with Gasteiger partial charge in [-0.05, 0) is 43.7 Å². The third-order valence-corrected chi connectivity index (χ3v) is 4.42. The number of alkyl halides is 1. The number of amides is 1. The molecule has 104 valence electrons. The molecule has 19 heavy (non-hydrogen) atoms. The van der Waals surface area contributed by atoms with E-state index >= 15 is 0 Å². The van der Waals surface area contributed by atoms with Gasteiger partial charge < -0.3 is 4.90 Å². The number of likely N-dealkylation sites (tertiary alicyclic amines) is 1. The first-order valence-electron chi connectivity index (χ1n) is 7.22. The van der Waals surface area contributed by atoms with Crippen LogP contribution >= 0.6 is 15.9 Å². The van der Waals surface area contributed by atoms with Crippen LogP contribution in [0.25, 0.3) is 0 Å². The first-order chi connectivity index (χ1) is 9.27. The van der Waals surface area contributed by atoms with E-state index < -0.39 is 0 Å². The molecular weight excluding hydrogens is 302 g/mol. The number of aryl methyl sites for hydroxylation is 1. The summed E-state index contributed by atoms with van der Waals surface area (Å²) < 4.78 is 0. The molecule has 1 saturated heterocycles. The average Bonchev–Trinajstić information content (AvgIpc) is 2.47. The summed E-state index contributed by atoms with van der Waals surface area (Å²) in [5, 5.41) is 0.969. The van der Waals surface area contributed by atoms with E-state index in [4.69, 9.17) is 0 Å². The quantitative estimate of drug-likeness (QED) is 0.766. The lowest BCUT2D eigenvalue weighted by molar-refractivity contribution is 0.0609. The van der Waals surface area contributed by atoms with Crippen molar-refractivity contribution in [2.75, 3.05) is 11.9 Å². The summed E-state index contributed by atoms with van der Waals surface area (Å²) in [6.45, 7) is 3.02. The van der Waals surface area contributed by atoms with Crippen LogP contribution in [0.2, 0.25) is 0 Å². The predicted molar refractivity (Wildman–Crippen MR) is 82.9 cm³/mol. The Morgan fingerprint density at radius 2 is 2.16 bits per heavy atom. The molecule has 1 amide bonds. The fourth-order valence-corrected chi connectivity index (χ4v) is 3.41. The molecular formula is C16H22BrNO. The van der Waals surface area contributed by atoms with Gasteiger partial charge in [-0.1, -0.05) is 41.1 Å². The van der Waals surface area contributed by atoms with Gasteiger partial charge in [-0.15, -0.1) is 0 Å². The van der Waals surface area contributed by atoms with E-state index in [2.05, 4.69) is 33.8 Å². The highest BCUT2D eigenvalue weighted by Gasteiger charge is 2.27. The Bertz CT molecular complexity index is 431. The minimum atomic E-state index is 0.225. The maximum Gasteiger partial charge on any atom is 0.254 e. The number of benzene rings is 1. The van der Waals surface area contributed by atoms with Crippen molar-refractivity contribution in [3.8, 4) is 0 Å². The molecule has 1 aromatic rings. The molecule has 0 saturated carbocycles. The lowest BCUT2D eigenvalue weighted by Gasteiger charge is -2.36. The molecule has 1 aromatic carbocycles. The number of nitrogens with zero attached hydrogens (tertiary/aromatic N) is 1. The molecule has 0 spiro atoms. The summed E-state index contributed by atoms with van der Waals surface area (Å²) in [6.07, 6.45) is 5.50. The first-order valence-corrected chi connectivity index (χ1v) is 8.35. The maximum absolute atomic E-state index is 12.8. The summed E-state index contributed by atoms with van der Waals surface area (Å²) in [5.41, 5.74) is 2.06. The van der Waals surface area contributed by atoms with Gasteiger partial charge in [-0.25, -0.2) is 0 Å². The summed E-state index contributed by atoms with van der Waals surface area (Å²) in [5.74, 6) is 0.225. The molecule has 1 fully saturated rings. The number of carbonyl (C=O) groups is 1. The number of piperidine rings is 1. The second-order valence-electron chi connectivity index (χ2n) is 5.14. The van der Waals surface area contributed by atoms with Crippen molar-refractivity contribution >= 4 is 21.8 Å². The molecule has 0 N–H and O–H groups in total. The van der Waals surface area contributed by atoms with Crippen molar-refractivity contribution in [3.05, 3.63) is 35.4 Å². The van der Waals surface area contributed by atoms with Gasteiger partial charge in [0.2, 0.25) is 0 Å². The normalized spacial score (nSPS) is 19.5. The van der Waals surface area contributed by atoms with Crippen LogP contribution in [0.5, 0.6) is 0 Å². The number of hydrogen-bond acceptors (Lipinski definition) is 1. The van der Waals surface area contributed by atoms with E-state index in [0.29, 0.717) is 6.04 Å². The van der Waals surface area contributed by atoms with Crippen molar-refractivity contribution in [2.24, 2.45) is 0 Å². The molecule has 1 aliphatic heterocycles. The van der Waals surface area contributed by atoms with Gasteiger partial charge in [0.15, 0.2) is 0 Å². The van der Waals surface area contributed by atoms with Gasteiger partial charge in [0.1, 0.15) is 0 Å². The lowest BCUT2D eigenvalue weighted by Crippen LogP contribution is -2.44. The van der Waals surface area contributed by atoms with Crippen molar-refractivity contribution in [3.63, 3.8) is 0 Å². The van der Waals surface area contributed by atoms with Gasteiger partial charge >= 0.3 is 0 Å². The zero-order valence-electron chi connectivity index (χ0n) is 11.6. The number of hydrogen-bond donors (Lipinski definition) is 0. The van der Waals surface area contributed by atoms with Gasteiger partial charge in [-0.3, -0.25) is 4.79 Å². The van der Waals surface area contributed by atoms with Crippen molar-refractivity contribution < 1.29 is 4.79 Å². The smallest absolute Gasteiger partial charge is 0.254 e. The molecule has 0 aliphatic carbocycles. The monoisotopic (exact) mass is 323 g/mol. The van der Waals surface area contributed by atoms with E-state index in [9.17, 15) is 4.79 Å². The van der Waals surface area contributed by atoms with Crippen LogP contribution in [0.4, 0.5) is 0 Å². The SMILES string of the molecule is CCc1ccccc1C(=O)N1CCCCC1CCBr. The van der Waals surface area contributed by atoms with Crippen molar-refractivity contribution in [1.82, 2.24) is 4.90 Å². The Balaban J connectivity index is 2.21. The summed E-state index contributed by atoms with van der Waals surface area (Å²) >= 11 is 3.51. The number of halogens is 1. The van der Waals surface area contributed by atoms with Crippen LogP contribution in [0.1, 0.15) is 48.5 Å². The molecule has 0 radical (unpaired) electrons. The van der Waals surface area contributed by atoms with Crippen molar-refractivity contribution in [2.45, 2.75) is 45.1 Å². The molecule has 3 heteroatoms. The highest BCUT2D eigenvalue weighted by Crippen LogP contribution is 2.23. The Kier molecular flexibility index (Phi) is 5.44. The van der Waals surface area contributed by atoms with Crippen LogP contribution in [-0.2, 0) is 6.42 Å². The fraction of sp³-hybridized carbons (Fsp3) is 0.562. The van der Waals surface area contributed by atoms with Gasteiger partial charge in [0.25, 0.3) is 5.91 Å². The zero-order chi connectivity index (χ0) is 13.7. The van der Waals surface area contributed by atoms with Crippen LogP contribution in [0.15, 0.2) is 24.3 Å². The third kappa shape index (κ3) is 3.38. The summed E-state index contributed by atoms with van der Waals surface area (Å²) in [6, 6.07) is 8.43. The Morgan fingerprint density at radius 3 is 2.89 bits per heavy atom. The average molecular weight is 324 g/mol. The second kappa shape index (κ2) is 7.09. The number of carbonyl (C=O) groups excluding carboxylic acids is 1. The Labute approximate surface area is 124 Å². The Morgan fingerprint density at radius 1 is 1.37 bits per heavy atom. The highest BCUT2D eigenvalue weighted by molar-refractivity contribution is 9.09. The molecule has 1 aliphatic rings. The molecule has 0 aromatic heterocycles. The van der Waals surface area contributed by atoms with Crippen LogP contribution in [0.3, 0.4) is 0 Å². The lowest BCUT2D eigenvalue weighted by atomic mass is 9.97.